The Morgan fingerprint density at radius 2 is 1.82 bits per heavy atom. The third kappa shape index (κ3) is 3.43. The molecule has 1 rings (SSSR count). The van der Waals surface area contributed by atoms with Gasteiger partial charge in [0.1, 0.15) is 0 Å². The Labute approximate surface area is 101 Å². The van der Waals surface area contributed by atoms with E-state index < -0.39 is 16.9 Å². The van der Waals surface area contributed by atoms with E-state index in [0.29, 0.717) is 12.8 Å². The van der Waals surface area contributed by atoms with Crippen molar-refractivity contribution in [1.82, 2.24) is 5.32 Å². The minimum atomic E-state index is -0.893. The maximum Gasteiger partial charge on any atom is 0.310 e. The average molecular weight is 243 g/mol. The number of carbonyl (C=O) groups excluding carboxylic acids is 1. The molecule has 0 aromatic heterocycles. The number of aliphatic hydroxyl groups is 1. The number of carboxylic acids is 1. The number of amides is 1. The SMILES string of the molecule is CC(C)(CO)NC(=O)CC1(C(=O)O)CCCC1. The summed E-state index contributed by atoms with van der Waals surface area (Å²) < 4.78 is 0. The van der Waals surface area contributed by atoms with Crippen molar-refractivity contribution in [1.29, 1.82) is 0 Å². The van der Waals surface area contributed by atoms with E-state index >= 15 is 0 Å². The molecule has 1 aliphatic carbocycles. The smallest absolute Gasteiger partial charge is 0.310 e. The lowest BCUT2D eigenvalue weighted by atomic mass is 9.82. The summed E-state index contributed by atoms with van der Waals surface area (Å²) in [7, 11) is 0. The third-order valence-electron chi connectivity index (χ3n) is 3.39. The summed E-state index contributed by atoms with van der Waals surface area (Å²) in [6.45, 7) is 3.23. The molecule has 0 aromatic carbocycles. The number of aliphatic carboxylic acids is 1. The van der Waals surface area contributed by atoms with Gasteiger partial charge in [-0.3, -0.25) is 9.59 Å². The van der Waals surface area contributed by atoms with Gasteiger partial charge < -0.3 is 15.5 Å². The topological polar surface area (TPSA) is 86.6 Å². The number of carboxylic acid groups (broad SMARTS) is 1. The van der Waals surface area contributed by atoms with Crippen LogP contribution in [0.15, 0.2) is 0 Å². The fourth-order valence-electron chi connectivity index (χ4n) is 2.29. The van der Waals surface area contributed by atoms with Crippen LogP contribution in [0.5, 0.6) is 0 Å². The lowest BCUT2D eigenvalue weighted by Gasteiger charge is -2.28. The monoisotopic (exact) mass is 243 g/mol. The molecule has 0 aliphatic heterocycles. The quantitative estimate of drug-likeness (QED) is 0.670. The molecule has 3 N–H and O–H groups in total. The zero-order chi connectivity index (χ0) is 13.1. The highest BCUT2D eigenvalue weighted by molar-refractivity contribution is 5.85. The van der Waals surface area contributed by atoms with Crippen molar-refractivity contribution in [2.45, 2.75) is 51.5 Å². The van der Waals surface area contributed by atoms with E-state index in [2.05, 4.69) is 5.32 Å². The first kappa shape index (κ1) is 14.0. The fraction of sp³-hybridized carbons (Fsp3) is 0.833. The summed E-state index contributed by atoms with van der Waals surface area (Å²) in [6, 6.07) is 0. The van der Waals surface area contributed by atoms with E-state index in [1.165, 1.54) is 0 Å². The maximum atomic E-state index is 11.8. The van der Waals surface area contributed by atoms with E-state index in [4.69, 9.17) is 5.11 Å². The predicted octanol–water partition coefficient (Wildman–Crippen LogP) is 0.909. The first-order valence-corrected chi connectivity index (χ1v) is 5.97. The highest BCUT2D eigenvalue weighted by Crippen LogP contribution is 2.41. The van der Waals surface area contributed by atoms with Crippen LogP contribution >= 0.6 is 0 Å². The zero-order valence-corrected chi connectivity index (χ0v) is 10.5. The molecule has 0 spiro atoms. The molecular weight excluding hydrogens is 222 g/mol. The Balaban J connectivity index is 2.63. The Bertz CT molecular complexity index is 306. The van der Waals surface area contributed by atoms with E-state index in [-0.39, 0.29) is 18.9 Å². The highest BCUT2D eigenvalue weighted by Gasteiger charge is 2.43. The fourth-order valence-corrected chi connectivity index (χ4v) is 2.29. The van der Waals surface area contributed by atoms with Crippen molar-refractivity contribution in [3.05, 3.63) is 0 Å². The van der Waals surface area contributed by atoms with Crippen molar-refractivity contribution in [3.63, 3.8) is 0 Å². The Morgan fingerprint density at radius 3 is 2.24 bits per heavy atom. The van der Waals surface area contributed by atoms with E-state index in [1.54, 1.807) is 13.8 Å². The van der Waals surface area contributed by atoms with Crippen LogP contribution in [0.4, 0.5) is 0 Å². The summed E-state index contributed by atoms with van der Waals surface area (Å²) in [5, 5.41) is 20.9. The second-order valence-electron chi connectivity index (χ2n) is 5.56. The van der Waals surface area contributed by atoms with E-state index in [1.807, 2.05) is 0 Å². The van der Waals surface area contributed by atoms with E-state index in [9.17, 15) is 14.7 Å². The Hall–Kier alpha value is -1.10. The van der Waals surface area contributed by atoms with Gasteiger partial charge in [0.25, 0.3) is 0 Å². The van der Waals surface area contributed by atoms with Gasteiger partial charge in [-0.15, -0.1) is 0 Å². The summed E-state index contributed by atoms with van der Waals surface area (Å²) in [5.41, 5.74) is -1.59. The van der Waals surface area contributed by atoms with Gasteiger partial charge in [0, 0.05) is 6.42 Å². The van der Waals surface area contributed by atoms with Crippen LogP contribution in [-0.2, 0) is 9.59 Å². The van der Waals surface area contributed by atoms with Gasteiger partial charge in [-0.05, 0) is 26.7 Å². The molecule has 17 heavy (non-hydrogen) atoms. The van der Waals surface area contributed by atoms with E-state index in [0.717, 1.165) is 12.8 Å². The van der Waals surface area contributed by atoms with Crippen molar-refractivity contribution in [2.75, 3.05) is 6.61 Å². The molecule has 5 nitrogen and oxygen atoms in total. The summed E-state index contributed by atoms with van der Waals surface area (Å²) in [4.78, 5) is 23.1. The molecule has 1 aliphatic rings. The summed E-state index contributed by atoms with van der Waals surface area (Å²) in [6.07, 6.45) is 2.86. The predicted molar refractivity (Wildman–Crippen MR) is 62.5 cm³/mol. The second kappa shape index (κ2) is 5.04. The van der Waals surface area contributed by atoms with Gasteiger partial charge in [0.05, 0.1) is 17.6 Å². The number of aliphatic hydroxyl groups excluding tert-OH is 1. The average Bonchev–Trinajstić information content (AvgIpc) is 2.66. The number of rotatable bonds is 5. The van der Waals surface area contributed by atoms with Crippen LogP contribution < -0.4 is 5.32 Å². The number of hydrogen-bond donors (Lipinski definition) is 3. The lowest BCUT2D eigenvalue weighted by molar-refractivity contribution is -0.151. The molecular formula is C12H21NO4. The first-order chi connectivity index (χ1) is 7.81. The molecule has 98 valence electrons. The number of carbonyl (C=O) groups is 2. The number of hydrogen-bond acceptors (Lipinski definition) is 3. The van der Waals surface area contributed by atoms with Crippen LogP contribution in [-0.4, -0.2) is 34.2 Å². The largest absolute Gasteiger partial charge is 0.481 e. The van der Waals surface area contributed by atoms with Crippen LogP contribution in [0.25, 0.3) is 0 Å². The molecule has 0 heterocycles. The molecule has 0 atom stereocenters. The molecule has 0 saturated heterocycles. The van der Waals surface area contributed by atoms with Crippen LogP contribution in [0.3, 0.4) is 0 Å². The first-order valence-electron chi connectivity index (χ1n) is 5.97. The van der Waals surface area contributed by atoms with Crippen molar-refractivity contribution in [2.24, 2.45) is 5.41 Å². The Kier molecular flexibility index (Phi) is 4.14. The van der Waals surface area contributed by atoms with Crippen LogP contribution in [0, 0.1) is 5.41 Å². The lowest BCUT2D eigenvalue weighted by Crippen LogP contribution is -2.48. The summed E-state index contributed by atoms with van der Waals surface area (Å²) >= 11 is 0. The molecule has 1 fully saturated rings. The van der Waals surface area contributed by atoms with Crippen LogP contribution in [0.2, 0.25) is 0 Å². The standard InChI is InChI=1S/C12H21NO4/c1-11(2,8-14)13-9(15)7-12(10(16)17)5-3-4-6-12/h14H,3-8H2,1-2H3,(H,13,15)(H,16,17). The molecule has 1 amide bonds. The third-order valence-corrected chi connectivity index (χ3v) is 3.39. The molecule has 0 bridgehead atoms. The van der Waals surface area contributed by atoms with Gasteiger partial charge in [-0.25, -0.2) is 0 Å². The molecule has 5 heteroatoms. The summed E-state index contributed by atoms with van der Waals surface area (Å²) in [5.74, 6) is -1.18. The van der Waals surface area contributed by atoms with Gasteiger partial charge >= 0.3 is 5.97 Å². The van der Waals surface area contributed by atoms with Crippen molar-refractivity contribution < 1.29 is 19.8 Å². The van der Waals surface area contributed by atoms with Crippen LogP contribution in [0.1, 0.15) is 46.0 Å². The van der Waals surface area contributed by atoms with Crippen molar-refractivity contribution >= 4 is 11.9 Å². The van der Waals surface area contributed by atoms with Gasteiger partial charge in [0.2, 0.25) is 5.91 Å². The minimum Gasteiger partial charge on any atom is -0.481 e. The minimum absolute atomic E-state index is 0.00572. The van der Waals surface area contributed by atoms with Gasteiger partial charge in [0.15, 0.2) is 0 Å². The van der Waals surface area contributed by atoms with Gasteiger partial charge in [-0.2, -0.15) is 0 Å². The molecule has 0 radical (unpaired) electrons. The molecule has 1 saturated carbocycles. The second-order valence-corrected chi connectivity index (χ2v) is 5.56. The normalized spacial score (nSPS) is 19.0. The maximum absolute atomic E-state index is 11.8. The highest BCUT2D eigenvalue weighted by atomic mass is 16.4. The zero-order valence-electron chi connectivity index (χ0n) is 10.5. The Morgan fingerprint density at radius 1 is 1.29 bits per heavy atom. The van der Waals surface area contributed by atoms with Gasteiger partial charge in [-0.1, -0.05) is 12.8 Å². The number of nitrogens with one attached hydrogen (secondary N) is 1. The molecule has 0 unspecified atom stereocenters. The molecule has 0 aromatic rings. The van der Waals surface area contributed by atoms with Crippen molar-refractivity contribution in [3.8, 4) is 0 Å².